The van der Waals surface area contributed by atoms with Crippen LogP contribution < -0.4 is 5.63 Å². The van der Waals surface area contributed by atoms with Gasteiger partial charge in [0.05, 0.1) is 12.2 Å². The van der Waals surface area contributed by atoms with Crippen molar-refractivity contribution in [2.24, 2.45) is 5.92 Å². The van der Waals surface area contributed by atoms with Crippen molar-refractivity contribution in [2.75, 3.05) is 39.9 Å². The van der Waals surface area contributed by atoms with E-state index in [0.717, 1.165) is 29.6 Å². The molecule has 6 heteroatoms. The van der Waals surface area contributed by atoms with Gasteiger partial charge in [0, 0.05) is 44.2 Å². The zero-order valence-electron chi connectivity index (χ0n) is 20.6. The van der Waals surface area contributed by atoms with Gasteiger partial charge in [0.2, 0.25) is 0 Å². The molecule has 0 spiro atoms. The molecule has 2 aromatic carbocycles. The SMILES string of the molecule is COCCN(Cc1c(O)ccc2c(-c3ccccc3)cc(=O)oc12)CC1CCCN2CCCCC12. The lowest BCUT2D eigenvalue weighted by Crippen LogP contribution is -2.51. The Morgan fingerprint density at radius 1 is 1.09 bits per heavy atom. The Bertz CT molecular complexity index is 1190. The molecule has 3 aromatic rings. The second kappa shape index (κ2) is 10.9. The summed E-state index contributed by atoms with van der Waals surface area (Å²) in [6.45, 7) is 5.28. The first kappa shape index (κ1) is 24.0. The lowest BCUT2D eigenvalue weighted by atomic mass is 9.83. The normalized spacial score (nSPS) is 20.9. The van der Waals surface area contributed by atoms with E-state index in [4.69, 9.17) is 9.15 Å². The standard InChI is InChI=1S/C29H36N2O4/c1-34-17-16-30(19-22-10-7-15-31-14-6-5-11-26(22)31)20-25-27(32)13-12-23-24(18-28(33)35-29(23)25)21-8-3-2-4-9-21/h2-4,8-9,12-13,18,22,26,32H,5-7,10-11,14-17,19-20H2,1H3. The van der Waals surface area contributed by atoms with E-state index in [2.05, 4.69) is 9.80 Å². The van der Waals surface area contributed by atoms with Gasteiger partial charge in [-0.15, -0.1) is 0 Å². The molecule has 1 aromatic heterocycles. The fourth-order valence-corrected chi connectivity index (χ4v) is 6.08. The molecule has 1 N–H and O–H groups in total. The van der Waals surface area contributed by atoms with Gasteiger partial charge in [-0.25, -0.2) is 4.79 Å². The molecule has 2 unspecified atom stereocenters. The van der Waals surface area contributed by atoms with Crippen molar-refractivity contribution in [1.29, 1.82) is 0 Å². The van der Waals surface area contributed by atoms with Crippen molar-refractivity contribution < 1.29 is 14.3 Å². The number of hydrogen-bond donors (Lipinski definition) is 1. The van der Waals surface area contributed by atoms with Crippen LogP contribution in [0.25, 0.3) is 22.1 Å². The molecule has 5 rings (SSSR count). The van der Waals surface area contributed by atoms with Gasteiger partial charge in [0.15, 0.2) is 0 Å². The minimum atomic E-state index is -0.406. The molecule has 35 heavy (non-hydrogen) atoms. The van der Waals surface area contributed by atoms with Crippen LogP contribution in [0.2, 0.25) is 0 Å². The smallest absolute Gasteiger partial charge is 0.336 e. The Balaban J connectivity index is 1.48. The molecule has 0 aliphatic carbocycles. The summed E-state index contributed by atoms with van der Waals surface area (Å²) in [6, 6.07) is 15.6. The zero-order valence-corrected chi connectivity index (χ0v) is 20.6. The molecule has 186 valence electrons. The maximum atomic E-state index is 12.6. The Morgan fingerprint density at radius 2 is 1.91 bits per heavy atom. The van der Waals surface area contributed by atoms with Gasteiger partial charge in [0.1, 0.15) is 11.3 Å². The average molecular weight is 477 g/mol. The Morgan fingerprint density at radius 3 is 2.74 bits per heavy atom. The number of rotatable bonds is 8. The van der Waals surface area contributed by atoms with Crippen molar-refractivity contribution in [3.8, 4) is 16.9 Å². The summed E-state index contributed by atoms with van der Waals surface area (Å²) in [5.41, 5.74) is 2.52. The number of ether oxygens (including phenoxy) is 1. The topological polar surface area (TPSA) is 66.2 Å². The van der Waals surface area contributed by atoms with Crippen molar-refractivity contribution in [2.45, 2.75) is 44.7 Å². The van der Waals surface area contributed by atoms with E-state index in [1.54, 1.807) is 19.2 Å². The molecule has 0 radical (unpaired) electrons. The van der Waals surface area contributed by atoms with E-state index in [9.17, 15) is 9.90 Å². The number of benzene rings is 2. The minimum absolute atomic E-state index is 0.163. The van der Waals surface area contributed by atoms with Crippen molar-refractivity contribution in [3.05, 3.63) is 64.5 Å². The van der Waals surface area contributed by atoms with Gasteiger partial charge in [-0.2, -0.15) is 0 Å². The fraction of sp³-hybridized carbons (Fsp3) is 0.483. The molecule has 2 aliphatic rings. The molecule has 2 aliphatic heterocycles. The highest BCUT2D eigenvalue weighted by Gasteiger charge is 2.34. The van der Waals surface area contributed by atoms with Crippen molar-refractivity contribution >= 4 is 11.0 Å². The van der Waals surface area contributed by atoms with Crippen LogP contribution in [0.5, 0.6) is 5.75 Å². The molecule has 0 saturated carbocycles. The molecular weight excluding hydrogens is 440 g/mol. The van der Waals surface area contributed by atoms with Crippen LogP contribution in [0.1, 0.15) is 37.7 Å². The molecule has 0 bridgehead atoms. The first-order chi connectivity index (χ1) is 17.1. The fourth-order valence-electron chi connectivity index (χ4n) is 6.08. The summed E-state index contributed by atoms with van der Waals surface area (Å²) in [7, 11) is 1.72. The van der Waals surface area contributed by atoms with Crippen LogP contribution in [0.15, 0.2) is 57.7 Å². The van der Waals surface area contributed by atoms with Crippen LogP contribution in [-0.4, -0.2) is 60.8 Å². The highest BCUT2D eigenvalue weighted by atomic mass is 16.5. The number of piperidine rings is 2. The van der Waals surface area contributed by atoms with Crippen LogP contribution in [-0.2, 0) is 11.3 Å². The maximum Gasteiger partial charge on any atom is 0.336 e. The lowest BCUT2D eigenvalue weighted by molar-refractivity contribution is 0.0335. The van der Waals surface area contributed by atoms with Crippen LogP contribution in [0.4, 0.5) is 0 Å². The number of fused-ring (bicyclic) bond motifs is 2. The van der Waals surface area contributed by atoms with Gasteiger partial charge < -0.3 is 19.2 Å². The first-order valence-electron chi connectivity index (χ1n) is 12.9. The van der Waals surface area contributed by atoms with Crippen LogP contribution in [0, 0.1) is 5.92 Å². The number of nitrogens with zero attached hydrogens (tertiary/aromatic N) is 2. The lowest BCUT2D eigenvalue weighted by Gasteiger charge is -2.45. The van der Waals surface area contributed by atoms with E-state index >= 15 is 0 Å². The van der Waals surface area contributed by atoms with Gasteiger partial charge in [0.25, 0.3) is 0 Å². The predicted octanol–water partition coefficient (Wildman–Crippen LogP) is 4.88. The monoisotopic (exact) mass is 476 g/mol. The highest BCUT2D eigenvalue weighted by Crippen LogP contribution is 2.35. The van der Waals surface area contributed by atoms with E-state index < -0.39 is 5.63 Å². The third kappa shape index (κ3) is 5.30. The van der Waals surface area contributed by atoms with Crippen LogP contribution in [0.3, 0.4) is 0 Å². The second-order valence-electron chi connectivity index (χ2n) is 10.0. The molecule has 2 atom stereocenters. The molecule has 3 heterocycles. The number of phenolic OH excluding ortho intramolecular Hbond substituents is 1. The Kier molecular flexibility index (Phi) is 7.51. The summed E-state index contributed by atoms with van der Waals surface area (Å²) in [4.78, 5) is 17.6. The van der Waals surface area contributed by atoms with Gasteiger partial charge >= 0.3 is 5.63 Å². The molecular formula is C29H36N2O4. The van der Waals surface area contributed by atoms with Gasteiger partial charge in [-0.1, -0.05) is 36.8 Å². The molecule has 2 fully saturated rings. The second-order valence-corrected chi connectivity index (χ2v) is 10.0. The van der Waals surface area contributed by atoms with Crippen molar-refractivity contribution in [3.63, 3.8) is 0 Å². The summed E-state index contributed by atoms with van der Waals surface area (Å²) in [5.74, 6) is 0.765. The third-order valence-corrected chi connectivity index (χ3v) is 7.79. The summed E-state index contributed by atoms with van der Waals surface area (Å²) in [6.07, 6.45) is 6.38. The Hall–Kier alpha value is -2.67. The average Bonchev–Trinajstić information content (AvgIpc) is 2.89. The van der Waals surface area contributed by atoms with E-state index in [1.807, 2.05) is 36.4 Å². The van der Waals surface area contributed by atoms with Gasteiger partial charge in [-0.05, 0) is 68.0 Å². The zero-order chi connectivity index (χ0) is 24.2. The minimum Gasteiger partial charge on any atom is -0.507 e. The quantitative estimate of drug-likeness (QED) is 0.468. The Labute approximate surface area is 207 Å². The molecule has 0 amide bonds. The van der Waals surface area contributed by atoms with Gasteiger partial charge in [-0.3, -0.25) is 4.90 Å². The molecule has 2 saturated heterocycles. The summed E-state index contributed by atoms with van der Waals surface area (Å²) in [5, 5.41) is 11.7. The summed E-state index contributed by atoms with van der Waals surface area (Å²) >= 11 is 0. The maximum absolute atomic E-state index is 12.6. The van der Waals surface area contributed by atoms with E-state index in [1.165, 1.54) is 45.2 Å². The van der Waals surface area contributed by atoms with E-state index in [0.29, 0.717) is 36.3 Å². The number of hydrogen-bond acceptors (Lipinski definition) is 6. The first-order valence-corrected chi connectivity index (χ1v) is 12.9. The number of methoxy groups -OCH3 is 1. The summed E-state index contributed by atoms with van der Waals surface area (Å²) < 4.78 is 11.2. The highest BCUT2D eigenvalue weighted by molar-refractivity contribution is 5.95. The predicted molar refractivity (Wildman–Crippen MR) is 139 cm³/mol. The molecule has 6 nitrogen and oxygen atoms in total. The number of phenols is 1. The van der Waals surface area contributed by atoms with Crippen molar-refractivity contribution in [1.82, 2.24) is 9.80 Å². The largest absolute Gasteiger partial charge is 0.507 e. The number of aromatic hydroxyl groups is 1. The third-order valence-electron chi connectivity index (χ3n) is 7.79. The van der Waals surface area contributed by atoms with E-state index in [-0.39, 0.29) is 5.75 Å². The van der Waals surface area contributed by atoms with Crippen LogP contribution >= 0.6 is 0 Å².